The number of fused-ring (bicyclic) bond motifs is 1. The van der Waals surface area contributed by atoms with Gasteiger partial charge in [-0.3, -0.25) is 4.79 Å². The van der Waals surface area contributed by atoms with Gasteiger partial charge in [0.2, 0.25) is 0 Å². The number of Topliss-reactive ketones (excluding diaryl/α,β-unsaturated/α-hetero) is 1. The van der Waals surface area contributed by atoms with Crippen molar-refractivity contribution in [3.05, 3.63) is 23.8 Å². The molecule has 1 unspecified atom stereocenters. The fourth-order valence-electron chi connectivity index (χ4n) is 1.67. The van der Waals surface area contributed by atoms with Gasteiger partial charge in [-0.2, -0.15) is 0 Å². The average molecular weight is 237 g/mol. The van der Waals surface area contributed by atoms with Crippen molar-refractivity contribution in [3.63, 3.8) is 0 Å². The van der Waals surface area contributed by atoms with Crippen molar-refractivity contribution in [1.29, 1.82) is 0 Å². The molecule has 0 bridgehead atoms. The Morgan fingerprint density at radius 2 is 2.19 bits per heavy atom. The Hall–Kier alpha value is -1.000. The Kier molecular flexibility index (Phi) is 2.72. The van der Waals surface area contributed by atoms with E-state index in [0.29, 0.717) is 11.3 Å². The summed E-state index contributed by atoms with van der Waals surface area (Å²) in [5.41, 5.74) is 6.21. The molecule has 1 aliphatic heterocycles. The number of ketones is 1. The Labute approximate surface area is 99.4 Å². The van der Waals surface area contributed by atoms with Crippen LogP contribution in [0.3, 0.4) is 0 Å². The second-order valence-electron chi connectivity index (χ2n) is 4.39. The van der Waals surface area contributed by atoms with Gasteiger partial charge in [0.1, 0.15) is 5.75 Å². The second kappa shape index (κ2) is 3.79. The highest BCUT2D eigenvalue weighted by Crippen LogP contribution is 2.48. The number of carbonyl (C=O) groups excluding carboxylic acids is 1. The maximum absolute atomic E-state index is 11.9. The Morgan fingerprint density at radius 1 is 1.50 bits per heavy atom. The maximum atomic E-state index is 11.9. The molecule has 0 spiro atoms. The predicted molar refractivity (Wildman–Crippen MR) is 65.0 cm³/mol. The molecule has 4 heteroatoms. The number of hydrogen-bond acceptors (Lipinski definition) is 4. The van der Waals surface area contributed by atoms with Gasteiger partial charge in [-0.1, -0.05) is 17.8 Å². The number of para-hydroxylation sites is 1. The zero-order valence-electron chi connectivity index (χ0n) is 9.61. The molecule has 86 valence electrons. The summed E-state index contributed by atoms with van der Waals surface area (Å²) in [7, 11) is 0. The van der Waals surface area contributed by atoms with E-state index in [1.54, 1.807) is 24.8 Å². The van der Waals surface area contributed by atoms with Gasteiger partial charge in [0.15, 0.2) is 10.7 Å². The standard InChI is InChI=1S/C12H15NO2S/c1-7(13)10(14)8-5-4-6-9-11(8)15-12(2,3)16-9/h4-7H,13H2,1-3H3. The van der Waals surface area contributed by atoms with Crippen LogP contribution in [0.4, 0.5) is 0 Å². The molecule has 0 fully saturated rings. The molecular formula is C12H15NO2S. The molecule has 16 heavy (non-hydrogen) atoms. The van der Waals surface area contributed by atoms with Crippen molar-refractivity contribution in [3.8, 4) is 5.75 Å². The molecular weight excluding hydrogens is 222 g/mol. The molecule has 1 aromatic rings. The third kappa shape index (κ3) is 1.95. The first-order valence-corrected chi connectivity index (χ1v) is 6.03. The van der Waals surface area contributed by atoms with E-state index < -0.39 is 6.04 Å². The zero-order chi connectivity index (χ0) is 11.9. The lowest BCUT2D eigenvalue weighted by Gasteiger charge is -2.17. The third-order valence-electron chi connectivity index (χ3n) is 2.36. The average Bonchev–Trinajstić information content (AvgIpc) is 2.49. The molecule has 0 aliphatic carbocycles. The van der Waals surface area contributed by atoms with Crippen LogP contribution in [-0.4, -0.2) is 16.8 Å². The van der Waals surface area contributed by atoms with Crippen molar-refractivity contribution >= 4 is 17.5 Å². The van der Waals surface area contributed by atoms with Crippen molar-refractivity contribution in [1.82, 2.24) is 0 Å². The number of rotatable bonds is 2. The summed E-state index contributed by atoms with van der Waals surface area (Å²) < 4.78 is 5.78. The summed E-state index contributed by atoms with van der Waals surface area (Å²) in [6.45, 7) is 5.66. The highest BCUT2D eigenvalue weighted by atomic mass is 32.2. The summed E-state index contributed by atoms with van der Waals surface area (Å²) >= 11 is 1.62. The largest absolute Gasteiger partial charge is 0.475 e. The number of ether oxygens (including phenoxy) is 1. The van der Waals surface area contributed by atoms with Gasteiger partial charge >= 0.3 is 0 Å². The van der Waals surface area contributed by atoms with Gasteiger partial charge < -0.3 is 10.5 Å². The lowest BCUT2D eigenvalue weighted by Crippen LogP contribution is -2.27. The molecule has 3 nitrogen and oxygen atoms in total. The molecule has 1 aliphatic rings. The molecule has 1 aromatic carbocycles. The van der Waals surface area contributed by atoms with E-state index >= 15 is 0 Å². The lowest BCUT2D eigenvalue weighted by molar-refractivity contribution is 0.0961. The van der Waals surface area contributed by atoms with E-state index in [1.807, 2.05) is 26.0 Å². The second-order valence-corrected chi connectivity index (χ2v) is 6.02. The normalized spacial score (nSPS) is 18.8. The van der Waals surface area contributed by atoms with Crippen molar-refractivity contribution in [2.75, 3.05) is 0 Å². The molecule has 0 saturated heterocycles. The maximum Gasteiger partial charge on any atom is 0.182 e. The first-order chi connectivity index (χ1) is 7.41. The van der Waals surface area contributed by atoms with Crippen LogP contribution in [0, 0.1) is 0 Å². The number of nitrogens with two attached hydrogens (primary N) is 1. The van der Waals surface area contributed by atoms with Crippen LogP contribution in [0.1, 0.15) is 31.1 Å². The Balaban J connectivity index is 2.45. The molecule has 1 atom stereocenters. The van der Waals surface area contributed by atoms with Crippen LogP contribution in [-0.2, 0) is 0 Å². The van der Waals surface area contributed by atoms with Gasteiger partial charge in [-0.25, -0.2) is 0 Å². The highest BCUT2D eigenvalue weighted by molar-refractivity contribution is 8.00. The van der Waals surface area contributed by atoms with Crippen molar-refractivity contribution in [2.24, 2.45) is 5.73 Å². The quantitative estimate of drug-likeness (QED) is 0.803. The highest BCUT2D eigenvalue weighted by Gasteiger charge is 2.34. The van der Waals surface area contributed by atoms with E-state index in [0.717, 1.165) is 4.90 Å². The molecule has 1 heterocycles. The third-order valence-corrected chi connectivity index (χ3v) is 3.48. The summed E-state index contributed by atoms with van der Waals surface area (Å²) in [5, 5.41) is 0. The minimum atomic E-state index is -0.496. The summed E-state index contributed by atoms with van der Waals surface area (Å²) in [6.07, 6.45) is 0. The van der Waals surface area contributed by atoms with Gasteiger partial charge in [-0.05, 0) is 32.9 Å². The topological polar surface area (TPSA) is 52.3 Å². The zero-order valence-corrected chi connectivity index (χ0v) is 10.4. The fraction of sp³-hybridized carbons (Fsp3) is 0.417. The van der Waals surface area contributed by atoms with Gasteiger partial charge in [0.05, 0.1) is 16.5 Å². The minimum absolute atomic E-state index is 0.0739. The van der Waals surface area contributed by atoms with E-state index in [-0.39, 0.29) is 10.7 Å². The number of carbonyl (C=O) groups is 1. The number of thioether (sulfide) groups is 1. The first kappa shape index (κ1) is 11.5. The van der Waals surface area contributed by atoms with E-state index in [9.17, 15) is 4.79 Å². The van der Waals surface area contributed by atoms with Crippen molar-refractivity contribution in [2.45, 2.75) is 36.6 Å². The van der Waals surface area contributed by atoms with Crippen molar-refractivity contribution < 1.29 is 9.53 Å². The first-order valence-electron chi connectivity index (χ1n) is 5.21. The lowest BCUT2D eigenvalue weighted by atomic mass is 10.1. The minimum Gasteiger partial charge on any atom is -0.475 e. The molecule has 0 amide bonds. The van der Waals surface area contributed by atoms with Crippen LogP contribution in [0.2, 0.25) is 0 Å². The number of benzene rings is 1. The molecule has 2 rings (SSSR count). The van der Waals surface area contributed by atoms with Gasteiger partial charge in [0, 0.05) is 0 Å². The SMILES string of the molecule is CC(N)C(=O)c1cccc2c1OC(C)(C)S2. The summed E-state index contributed by atoms with van der Waals surface area (Å²) in [5.74, 6) is 0.606. The molecule has 0 saturated carbocycles. The number of hydrogen-bond donors (Lipinski definition) is 1. The van der Waals surface area contributed by atoms with Gasteiger partial charge in [-0.15, -0.1) is 0 Å². The van der Waals surface area contributed by atoms with E-state index in [2.05, 4.69) is 0 Å². The Morgan fingerprint density at radius 3 is 2.81 bits per heavy atom. The van der Waals surface area contributed by atoms with Crippen LogP contribution in [0.5, 0.6) is 5.75 Å². The van der Waals surface area contributed by atoms with E-state index in [1.165, 1.54) is 0 Å². The van der Waals surface area contributed by atoms with Crippen LogP contribution in [0.15, 0.2) is 23.1 Å². The predicted octanol–water partition coefficient (Wildman–Crippen LogP) is 2.44. The molecule has 2 N–H and O–H groups in total. The fourth-order valence-corrected chi connectivity index (χ4v) is 2.72. The summed E-state index contributed by atoms with van der Waals surface area (Å²) in [4.78, 5) is 12.6. The monoisotopic (exact) mass is 237 g/mol. The summed E-state index contributed by atoms with van der Waals surface area (Å²) in [6, 6.07) is 5.11. The smallest absolute Gasteiger partial charge is 0.182 e. The molecule has 0 aromatic heterocycles. The van der Waals surface area contributed by atoms with Gasteiger partial charge in [0.25, 0.3) is 0 Å². The molecule has 0 radical (unpaired) electrons. The van der Waals surface area contributed by atoms with E-state index in [4.69, 9.17) is 10.5 Å². The van der Waals surface area contributed by atoms with Crippen LogP contribution >= 0.6 is 11.8 Å². The van der Waals surface area contributed by atoms with Crippen LogP contribution < -0.4 is 10.5 Å². The van der Waals surface area contributed by atoms with Crippen LogP contribution in [0.25, 0.3) is 0 Å². The Bertz CT molecular complexity index is 441.